The number of nitrogens with zero attached hydrogens (tertiary/aromatic N) is 2. The van der Waals surface area contributed by atoms with E-state index < -0.39 is 42.0 Å². The molecule has 2 aromatic carbocycles. The van der Waals surface area contributed by atoms with Crippen molar-refractivity contribution in [2.75, 3.05) is 20.6 Å². The third-order valence-electron chi connectivity index (χ3n) is 7.45. The molecular formula is C33H40ClF2N3O4. The Labute approximate surface area is 256 Å². The number of hydrogen-bond acceptors (Lipinski definition) is 4. The van der Waals surface area contributed by atoms with Gasteiger partial charge in [-0.05, 0) is 106 Å². The van der Waals surface area contributed by atoms with E-state index in [1.807, 2.05) is 39.8 Å². The maximum Gasteiger partial charge on any atom is 0.305 e. The molecule has 0 spiro atoms. The van der Waals surface area contributed by atoms with Crippen molar-refractivity contribution in [1.82, 2.24) is 14.8 Å². The third kappa shape index (κ3) is 8.51. The molecule has 1 amide bonds. The summed E-state index contributed by atoms with van der Waals surface area (Å²) < 4.78 is 31.0. The number of likely N-dealkylation sites (N-methyl/N-ethyl adjacent to an activating group) is 1. The van der Waals surface area contributed by atoms with E-state index in [4.69, 9.17) is 11.6 Å². The molecule has 232 valence electrons. The number of hydrogen-bond donors (Lipinski definition) is 2. The highest BCUT2D eigenvalue weighted by atomic mass is 35.5. The zero-order valence-electron chi connectivity index (χ0n) is 25.7. The number of nitrogens with one attached hydrogen (secondary N) is 1. The Morgan fingerprint density at radius 1 is 1.02 bits per heavy atom. The van der Waals surface area contributed by atoms with Gasteiger partial charge in [0, 0.05) is 29.9 Å². The van der Waals surface area contributed by atoms with E-state index in [0.29, 0.717) is 29.5 Å². The van der Waals surface area contributed by atoms with Gasteiger partial charge in [-0.15, -0.1) is 0 Å². The van der Waals surface area contributed by atoms with E-state index in [0.717, 1.165) is 23.7 Å². The van der Waals surface area contributed by atoms with Gasteiger partial charge in [0.25, 0.3) is 5.56 Å². The second-order valence-corrected chi connectivity index (χ2v) is 12.3. The molecule has 1 unspecified atom stereocenters. The van der Waals surface area contributed by atoms with Crippen molar-refractivity contribution in [3.63, 3.8) is 0 Å². The van der Waals surface area contributed by atoms with Crippen LogP contribution in [0.3, 0.4) is 0 Å². The molecule has 0 aliphatic rings. The molecule has 0 saturated carbocycles. The summed E-state index contributed by atoms with van der Waals surface area (Å²) in [6.07, 6.45) is 2.06. The molecule has 7 nitrogen and oxygen atoms in total. The summed E-state index contributed by atoms with van der Waals surface area (Å²) in [6.45, 7) is 9.63. The summed E-state index contributed by atoms with van der Waals surface area (Å²) in [6, 6.07) is 4.74. The fraction of sp³-hybridized carbons (Fsp3) is 0.424. The topological polar surface area (TPSA) is 91.6 Å². The van der Waals surface area contributed by atoms with Crippen molar-refractivity contribution in [2.45, 2.75) is 66.0 Å². The fourth-order valence-electron chi connectivity index (χ4n) is 5.27. The highest BCUT2D eigenvalue weighted by Gasteiger charge is 2.29. The molecule has 43 heavy (non-hydrogen) atoms. The van der Waals surface area contributed by atoms with Crippen molar-refractivity contribution in [3.8, 4) is 11.1 Å². The first-order valence-corrected chi connectivity index (χ1v) is 14.6. The smallest absolute Gasteiger partial charge is 0.305 e. The molecule has 0 aliphatic heterocycles. The molecule has 1 heterocycles. The minimum absolute atomic E-state index is 0.0120. The van der Waals surface area contributed by atoms with Crippen molar-refractivity contribution in [3.05, 3.63) is 91.4 Å². The molecule has 0 bridgehead atoms. The molecule has 0 saturated heterocycles. The predicted octanol–water partition coefficient (Wildman–Crippen LogP) is 6.40. The van der Waals surface area contributed by atoms with Crippen molar-refractivity contribution in [1.29, 1.82) is 0 Å². The SMILES string of the molecule is Cc1cc(=O)n(C(CC(C)C)C(=O)N[C@@H](CC(=O)O)c2cc(-c3c(C)cc(F)cc3Cl)cc(C)c2F)cc1CCN(C)C. The normalized spacial score (nSPS) is 12.9. The monoisotopic (exact) mass is 615 g/mol. The molecule has 2 atom stereocenters. The molecule has 0 radical (unpaired) electrons. The first-order valence-electron chi connectivity index (χ1n) is 14.2. The van der Waals surface area contributed by atoms with E-state index in [-0.39, 0.29) is 27.6 Å². The lowest BCUT2D eigenvalue weighted by Gasteiger charge is -2.26. The summed E-state index contributed by atoms with van der Waals surface area (Å²) in [5, 5.41) is 12.6. The van der Waals surface area contributed by atoms with Crippen molar-refractivity contribution < 1.29 is 23.5 Å². The number of aryl methyl sites for hydroxylation is 3. The highest BCUT2D eigenvalue weighted by Crippen LogP contribution is 2.36. The number of rotatable bonds is 12. The van der Waals surface area contributed by atoms with Crippen LogP contribution in [-0.4, -0.2) is 47.1 Å². The largest absolute Gasteiger partial charge is 0.481 e. The summed E-state index contributed by atoms with van der Waals surface area (Å²) in [5.74, 6) is -3.03. The average Bonchev–Trinajstić information content (AvgIpc) is 2.87. The van der Waals surface area contributed by atoms with Crippen molar-refractivity contribution in [2.24, 2.45) is 5.92 Å². The number of carboxylic acid groups (broad SMARTS) is 1. The molecule has 3 aromatic rings. The van der Waals surface area contributed by atoms with Gasteiger partial charge in [0.15, 0.2) is 0 Å². The van der Waals surface area contributed by atoms with Crippen LogP contribution in [0.2, 0.25) is 5.02 Å². The number of carboxylic acids is 1. The van der Waals surface area contributed by atoms with E-state index in [1.54, 1.807) is 19.2 Å². The van der Waals surface area contributed by atoms with Gasteiger partial charge in [0.2, 0.25) is 5.91 Å². The number of aromatic nitrogens is 1. The predicted molar refractivity (Wildman–Crippen MR) is 166 cm³/mol. The standard InChI is InChI=1S/C33H40ClF2N3O4/c1-18(2)10-28(39-17-22(8-9-38(6)7)19(3)13-29(39)40)33(43)37-27(16-30(41)42)25-14-23(11-21(5)32(25)36)31-20(4)12-24(35)15-26(31)34/h11-15,17-18,27-28H,8-10,16H2,1-7H3,(H,37,43)(H,41,42)/t27-,28?/m0/s1. The molecule has 1 aromatic heterocycles. The van der Waals surface area contributed by atoms with Crippen LogP contribution < -0.4 is 10.9 Å². The number of carbonyl (C=O) groups excluding carboxylic acids is 1. The molecular weight excluding hydrogens is 576 g/mol. The fourth-order valence-corrected chi connectivity index (χ4v) is 5.63. The number of benzene rings is 2. The zero-order chi connectivity index (χ0) is 32.2. The Hall–Kier alpha value is -3.56. The van der Waals surface area contributed by atoms with E-state index in [1.165, 1.54) is 29.7 Å². The van der Waals surface area contributed by atoms with Gasteiger partial charge < -0.3 is 19.9 Å². The first kappa shape index (κ1) is 33.9. The summed E-state index contributed by atoms with van der Waals surface area (Å²) in [5.41, 5.74) is 2.99. The van der Waals surface area contributed by atoms with Gasteiger partial charge in [-0.2, -0.15) is 0 Å². The van der Waals surface area contributed by atoms with Crippen molar-refractivity contribution >= 4 is 23.5 Å². The molecule has 3 rings (SSSR count). The van der Waals surface area contributed by atoms with Crippen LogP contribution in [0.15, 0.2) is 41.3 Å². The lowest BCUT2D eigenvalue weighted by atomic mass is 9.92. The number of carbonyl (C=O) groups is 2. The van der Waals surface area contributed by atoms with Crippen LogP contribution in [0.25, 0.3) is 11.1 Å². The van der Waals surface area contributed by atoms with E-state index in [9.17, 15) is 23.9 Å². The minimum Gasteiger partial charge on any atom is -0.481 e. The summed E-state index contributed by atoms with van der Waals surface area (Å²) >= 11 is 6.37. The summed E-state index contributed by atoms with van der Waals surface area (Å²) in [4.78, 5) is 41.0. The molecule has 0 aliphatic carbocycles. The van der Waals surface area contributed by atoms with Crippen LogP contribution in [0, 0.1) is 38.3 Å². The van der Waals surface area contributed by atoms with Crippen LogP contribution in [-0.2, 0) is 16.0 Å². The molecule has 0 fully saturated rings. The minimum atomic E-state index is -1.26. The zero-order valence-corrected chi connectivity index (χ0v) is 26.5. The Bertz CT molecular complexity index is 1550. The average molecular weight is 616 g/mol. The van der Waals surface area contributed by atoms with Gasteiger partial charge >= 0.3 is 5.97 Å². The van der Waals surface area contributed by atoms with Gasteiger partial charge in [-0.3, -0.25) is 14.4 Å². The Kier molecular flexibility index (Phi) is 11.3. The van der Waals surface area contributed by atoms with E-state index >= 15 is 4.39 Å². The second kappa shape index (κ2) is 14.3. The number of pyridine rings is 1. The maximum absolute atomic E-state index is 15.7. The van der Waals surface area contributed by atoms with Crippen LogP contribution >= 0.6 is 11.6 Å². The quantitative estimate of drug-likeness (QED) is 0.246. The highest BCUT2D eigenvalue weighted by molar-refractivity contribution is 6.33. The Morgan fingerprint density at radius 3 is 2.28 bits per heavy atom. The number of amides is 1. The van der Waals surface area contributed by atoms with Crippen LogP contribution in [0.5, 0.6) is 0 Å². The van der Waals surface area contributed by atoms with Gasteiger partial charge in [0.05, 0.1) is 17.5 Å². The summed E-state index contributed by atoms with van der Waals surface area (Å²) in [7, 11) is 3.90. The Morgan fingerprint density at radius 2 is 1.70 bits per heavy atom. The lowest BCUT2D eigenvalue weighted by Crippen LogP contribution is -2.40. The molecule has 10 heteroatoms. The maximum atomic E-state index is 15.7. The number of aliphatic carboxylic acids is 1. The second-order valence-electron chi connectivity index (χ2n) is 11.9. The van der Waals surface area contributed by atoms with E-state index in [2.05, 4.69) is 5.32 Å². The van der Waals surface area contributed by atoms with Gasteiger partial charge in [-0.25, -0.2) is 8.78 Å². The molecule has 2 N–H and O–H groups in total. The third-order valence-corrected chi connectivity index (χ3v) is 7.75. The number of halogens is 3. The Balaban J connectivity index is 2.10. The van der Waals surface area contributed by atoms with Crippen LogP contribution in [0.1, 0.15) is 66.6 Å². The lowest BCUT2D eigenvalue weighted by molar-refractivity contribution is -0.138. The van der Waals surface area contributed by atoms with Gasteiger partial charge in [0.1, 0.15) is 17.7 Å². The van der Waals surface area contributed by atoms with Gasteiger partial charge in [-0.1, -0.05) is 25.4 Å². The first-order chi connectivity index (χ1) is 20.1. The van der Waals surface area contributed by atoms with Crippen LogP contribution in [0.4, 0.5) is 8.78 Å².